The fourth-order valence-electron chi connectivity index (χ4n) is 2.70. The SMILES string of the molecule is CC(C)C[C@H](CN)CC(=O)N1CCC(N(C)C)C1. The maximum absolute atomic E-state index is 12.2. The Balaban J connectivity index is 2.41. The van der Waals surface area contributed by atoms with Gasteiger partial charge in [0.15, 0.2) is 0 Å². The van der Waals surface area contributed by atoms with Gasteiger partial charge in [-0.25, -0.2) is 0 Å². The average molecular weight is 255 g/mol. The highest BCUT2D eigenvalue weighted by atomic mass is 16.2. The van der Waals surface area contributed by atoms with Crippen molar-refractivity contribution >= 4 is 5.91 Å². The molecule has 2 atom stereocenters. The van der Waals surface area contributed by atoms with Gasteiger partial charge in [-0.3, -0.25) is 4.79 Å². The van der Waals surface area contributed by atoms with Crippen molar-refractivity contribution in [2.45, 2.75) is 39.2 Å². The molecule has 1 heterocycles. The predicted molar refractivity (Wildman–Crippen MR) is 75.3 cm³/mol. The van der Waals surface area contributed by atoms with Gasteiger partial charge in [-0.2, -0.15) is 0 Å². The number of nitrogens with two attached hydrogens (primary N) is 1. The first-order valence-electron chi connectivity index (χ1n) is 7.08. The van der Waals surface area contributed by atoms with Crippen molar-refractivity contribution in [1.82, 2.24) is 9.80 Å². The second-order valence-electron chi connectivity index (χ2n) is 6.18. The summed E-state index contributed by atoms with van der Waals surface area (Å²) in [5.41, 5.74) is 5.76. The second-order valence-corrected chi connectivity index (χ2v) is 6.18. The number of nitrogens with zero attached hydrogens (tertiary/aromatic N) is 2. The standard InChI is InChI=1S/C14H29N3O/c1-11(2)7-12(9-15)8-14(18)17-6-5-13(10-17)16(3)4/h11-13H,5-10,15H2,1-4H3/t12-,13?/m0/s1. The van der Waals surface area contributed by atoms with Crippen LogP contribution < -0.4 is 5.73 Å². The summed E-state index contributed by atoms with van der Waals surface area (Å²) in [5, 5.41) is 0. The van der Waals surface area contributed by atoms with Gasteiger partial charge in [0.1, 0.15) is 0 Å². The van der Waals surface area contributed by atoms with Crippen molar-refractivity contribution in [2.24, 2.45) is 17.6 Å². The highest BCUT2D eigenvalue weighted by molar-refractivity contribution is 5.76. The summed E-state index contributed by atoms with van der Waals surface area (Å²) in [6, 6.07) is 0.523. The molecule has 4 heteroatoms. The predicted octanol–water partition coefficient (Wildman–Crippen LogP) is 1.16. The van der Waals surface area contributed by atoms with E-state index in [1.54, 1.807) is 0 Å². The third-order valence-corrected chi connectivity index (χ3v) is 3.85. The van der Waals surface area contributed by atoms with E-state index in [9.17, 15) is 4.79 Å². The monoisotopic (exact) mass is 255 g/mol. The third-order valence-electron chi connectivity index (χ3n) is 3.85. The van der Waals surface area contributed by atoms with Crippen LogP contribution in [0.25, 0.3) is 0 Å². The summed E-state index contributed by atoms with van der Waals surface area (Å²) in [6.07, 6.45) is 2.76. The normalized spacial score (nSPS) is 21.9. The van der Waals surface area contributed by atoms with Gasteiger partial charge in [0.05, 0.1) is 0 Å². The Labute approximate surface area is 111 Å². The van der Waals surface area contributed by atoms with Gasteiger partial charge in [-0.05, 0) is 45.3 Å². The molecule has 0 aromatic rings. The van der Waals surface area contributed by atoms with Crippen LogP contribution in [0.3, 0.4) is 0 Å². The van der Waals surface area contributed by atoms with E-state index in [1.165, 1.54) is 0 Å². The number of carbonyl (C=O) groups excluding carboxylic acids is 1. The summed E-state index contributed by atoms with van der Waals surface area (Å²) in [6.45, 7) is 6.77. The van der Waals surface area contributed by atoms with Gasteiger partial charge in [0.25, 0.3) is 0 Å². The summed E-state index contributed by atoms with van der Waals surface area (Å²) in [7, 11) is 4.17. The molecule has 1 rings (SSSR count). The van der Waals surface area contributed by atoms with E-state index in [4.69, 9.17) is 5.73 Å². The molecule has 2 N–H and O–H groups in total. The summed E-state index contributed by atoms with van der Waals surface area (Å²) >= 11 is 0. The van der Waals surface area contributed by atoms with Gasteiger partial charge >= 0.3 is 0 Å². The van der Waals surface area contributed by atoms with Gasteiger partial charge in [0.2, 0.25) is 5.91 Å². The molecule has 0 aromatic heterocycles. The number of likely N-dealkylation sites (tertiary alicyclic amines) is 1. The van der Waals surface area contributed by atoms with E-state index in [0.29, 0.717) is 30.8 Å². The van der Waals surface area contributed by atoms with Crippen LogP contribution in [0, 0.1) is 11.8 Å². The minimum Gasteiger partial charge on any atom is -0.341 e. The highest BCUT2D eigenvalue weighted by Gasteiger charge is 2.28. The molecule has 1 aliphatic heterocycles. The summed E-state index contributed by atoms with van der Waals surface area (Å²) in [4.78, 5) is 16.4. The quantitative estimate of drug-likeness (QED) is 0.775. The highest BCUT2D eigenvalue weighted by Crippen LogP contribution is 2.19. The van der Waals surface area contributed by atoms with E-state index >= 15 is 0 Å². The van der Waals surface area contributed by atoms with E-state index < -0.39 is 0 Å². The molecule has 1 aliphatic rings. The number of hydrogen-bond acceptors (Lipinski definition) is 3. The molecule has 0 aromatic carbocycles. The maximum Gasteiger partial charge on any atom is 0.222 e. The number of likely N-dealkylation sites (N-methyl/N-ethyl adjacent to an activating group) is 1. The van der Waals surface area contributed by atoms with Crippen LogP contribution in [0.1, 0.15) is 33.1 Å². The topological polar surface area (TPSA) is 49.6 Å². The molecule has 1 fully saturated rings. The minimum atomic E-state index is 0.287. The van der Waals surface area contributed by atoms with Crippen LogP contribution in [0.5, 0.6) is 0 Å². The molecular weight excluding hydrogens is 226 g/mol. The zero-order valence-corrected chi connectivity index (χ0v) is 12.4. The Morgan fingerprint density at radius 3 is 2.56 bits per heavy atom. The van der Waals surface area contributed by atoms with Crippen LogP contribution in [0.4, 0.5) is 0 Å². The molecule has 1 saturated heterocycles. The molecule has 0 spiro atoms. The Kier molecular flexibility index (Phi) is 6.09. The lowest BCUT2D eigenvalue weighted by Gasteiger charge is -2.23. The first-order chi connectivity index (χ1) is 8.43. The number of rotatable bonds is 6. The molecule has 106 valence electrons. The molecule has 0 radical (unpaired) electrons. The molecule has 1 amide bonds. The van der Waals surface area contributed by atoms with Gasteiger partial charge in [-0.15, -0.1) is 0 Å². The van der Waals surface area contributed by atoms with Crippen molar-refractivity contribution in [2.75, 3.05) is 33.7 Å². The van der Waals surface area contributed by atoms with Crippen molar-refractivity contribution in [3.63, 3.8) is 0 Å². The number of amides is 1. The fourth-order valence-corrected chi connectivity index (χ4v) is 2.70. The lowest BCUT2D eigenvalue weighted by atomic mass is 9.94. The summed E-state index contributed by atoms with van der Waals surface area (Å²) < 4.78 is 0. The zero-order valence-electron chi connectivity index (χ0n) is 12.4. The Hall–Kier alpha value is -0.610. The molecular formula is C14H29N3O. The minimum absolute atomic E-state index is 0.287. The molecule has 0 aliphatic carbocycles. The summed E-state index contributed by atoms with van der Waals surface area (Å²) in [5.74, 6) is 1.24. The van der Waals surface area contributed by atoms with Crippen molar-refractivity contribution in [1.29, 1.82) is 0 Å². The van der Waals surface area contributed by atoms with Crippen LogP contribution in [0.2, 0.25) is 0 Å². The van der Waals surface area contributed by atoms with Crippen molar-refractivity contribution < 1.29 is 4.79 Å². The third kappa shape index (κ3) is 4.58. The molecule has 4 nitrogen and oxygen atoms in total. The van der Waals surface area contributed by atoms with E-state index in [2.05, 4.69) is 32.8 Å². The van der Waals surface area contributed by atoms with Crippen LogP contribution >= 0.6 is 0 Å². The Bertz CT molecular complexity index is 266. The van der Waals surface area contributed by atoms with Crippen molar-refractivity contribution in [3.8, 4) is 0 Å². The number of hydrogen-bond donors (Lipinski definition) is 1. The second kappa shape index (κ2) is 7.10. The Morgan fingerprint density at radius 1 is 1.44 bits per heavy atom. The van der Waals surface area contributed by atoms with E-state index in [-0.39, 0.29) is 5.91 Å². The molecule has 1 unspecified atom stereocenters. The fraction of sp³-hybridized carbons (Fsp3) is 0.929. The largest absolute Gasteiger partial charge is 0.341 e. The molecule has 0 saturated carbocycles. The number of carbonyl (C=O) groups is 1. The first-order valence-corrected chi connectivity index (χ1v) is 7.08. The van der Waals surface area contributed by atoms with Gasteiger partial charge < -0.3 is 15.5 Å². The van der Waals surface area contributed by atoms with Gasteiger partial charge in [0, 0.05) is 25.6 Å². The zero-order chi connectivity index (χ0) is 13.7. The van der Waals surface area contributed by atoms with Gasteiger partial charge in [-0.1, -0.05) is 13.8 Å². The van der Waals surface area contributed by atoms with Crippen molar-refractivity contribution in [3.05, 3.63) is 0 Å². The Morgan fingerprint density at radius 2 is 2.11 bits per heavy atom. The van der Waals surface area contributed by atoms with Crippen LogP contribution in [-0.4, -0.2) is 55.5 Å². The van der Waals surface area contributed by atoms with Crippen LogP contribution in [0.15, 0.2) is 0 Å². The average Bonchev–Trinajstić information content (AvgIpc) is 2.76. The van der Waals surface area contributed by atoms with Crippen LogP contribution in [-0.2, 0) is 4.79 Å². The lowest BCUT2D eigenvalue weighted by molar-refractivity contribution is -0.131. The molecule has 0 bridgehead atoms. The smallest absolute Gasteiger partial charge is 0.222 e. The lowest BCUT2D eigenvalue weighted by Crippen LogP contribution is -2.36. The van der Waals surface area contributed by atoms with E-state index in [1.807, 2.05) is 4.90 Å². The van der Waals surface area contributed by atoms with E-state index in [0.717, 1.165) is 25.9 Å². The molecule has 18 heavy (non-hydrogen) atoms. The first kappa shape index (κ1) is 15.4. The maximum atomic E-state index is 12.2.